The van der Waals surface area contributed by atoms with Gasteiger partial charge in [0.1, 0.15) is 0 Å². The molecule has 0 bridgehead atoms. The molecule has 0 aliphatic heterocycles. The van der Waals surface area contributed by atoms with Crippen LogP contribution < -0.4 is 5.32 Å². The molecule has 1 aromatic carbocycles. The second-order valence-corrected chi connectivity index (χ2v) is 3.43. The van der Waals surface area contributed by atoms with E-state index in [2.05, 4.69) is 29.4 Å². The van der Waals surface area contributed by atoms with E-state index >= 15 is 0 Å². The van der Waals surface area contributed by atoms with E-state index in [0.29, 0.717) is 0 Å². The summed E-state index contributed by atoms with van der Waals surface area (Å²) in [5.41, 5.74) is -0.442. The van der Waals surface area contributed by atoms with E-state index in [-0.39, 0.29) is 11.8 Å². The SMILES string of the molecule is CC#CCOC(=S)NC(=O)c1cccc(F)c1F. The smallest absolute Gasteiger partial charge is 0.264 e. The molecule has 18 heavy (non-hydrogen) atoms. The van der Waals surface area contributed by atoms with Gasteiger partial charge in [0.05, 0.1) is 5.56 Å². The van der Waals surface area contributed by atoms with Crippen molar-refractivity contribution in [1.82, 2.24) is 5.32 Å². The van der Waals surface area contributed by atoms with Gasteiger partial charge >= 0.3 is 0 Å². The molecule has 1 amide bonds. The van der Waals surface area contributed by atoms with Gasteiger partial charge in [0.25, 0.3) is 11.1 Å². The minimum Gasteiger partial charge on any atom is -0.458 e. The number of rotatable bonds is 2. The van der Waals surface area contributed by atoms with Crippen molar-refractivity contribution in [1.29, 1.82) is 0 Å². The summed E-state index contributed by atoms with van der Waals surface area (Å²) < 4.78 is 31.0. The predicted molar refractivity (Wildman–Crippen MR) is 65.8 cm³/mol. The summed E-state index contributed by atoms with van der Waals surface area (Å²) in [6.45, 7) is 1.63. The molecule has 0 aliphatic carbocycles. The summed E-state index contributed by atoms with van der Waals surface area (Å²) in [6.07, 6.45) is 0. The van der Waals surface area contributed by atoms with Gasteiger partial charge in [-0.25, -0.2) is 8.78 Å². The largest absolute Gasteiger partial charge is 0.458 e. The Kier molecular flexibility index (Phi) is 5.21. The first-order chi connectivity index (χ1) is 8.56. The Morgan fingerprint density at radius 3 is 2.89 bits per heavy atom. The second kappa shape index (κ2) is 6.67. The molecule has 0 unspecified atom stereocenters. The van der Waals surface area contributed by atoms with Crippen LogP contribution in [-0.2, 0) is 4.74 Å². The van der Waals surface area contributed by atoms with Gasteiger partial charge in [0, 0.05) is 0 Å². The lowest BCUT2D eigenvalue weighted by Gasteiger charge is -2.07. The van der Waals surface area contributed by atoms with Crippen LogP contribution >= 0.6 is 12.2 Å². The Bertz CT molecular complexity index is 535. The van der Waals surface area contributed by atoms with Gasteiger partial charge in [-0.15, -0.1) is 5.92 Å². The number of carbonyl (C=O) groups excluding carboxylic acids is 1. The fourth-order valence-corrected chi connectivity index (χ4v) is 1.20. The summed E-state index contributed by atoms with van der Waals surface area (Å²) in [4.78, 5) is 11.5. The number of carbonyl (C=O) groups is 1. The summed E-state index contributed by atoms with van der Waals surface area (Å²) in [6, 6.07) is 3.28. The van der Waals surface area contributed by atoms with Crippen LogP contribution in [0.1, 0.15) is 17.3 Å². The first-order valence-corrected chi connectivity index (χ1v) is 5.28. The van der Waals surface area contributed by atoms with Crippen LogP contribution in [0.2, 0.25) is 0 Å². The predicted octanol–water partition coefficient (Wildman–Crippen LogP) is 2.02. The van der Waals surface area contributed by atoms with Gasteiger partial charge in [-0.1, -0.05) is 12.0 Å². The van der Waals surface area contributed by atoms with Gasteiger partial charge in [0.15, 0.2) is 18.2 Å². The van der Waals surface area contributed by atoms with Crippen LogP contribution in [0.5, 0.6) is 0 Å². The molecule has 0 fully saturated rings. The van der Waals surface area contributed by atoms with Crippen LogP contribution in [0.25, 0.3) is 0 Å². The number of hydrogen-bond donors (Lipinski definition) is 1. The van der Waals surface area contributed by atoms with E-state index in [9.17, 15) is 13.6 Å². The van der Waals surface area contributed by atoms with E-state index in [1.54, 1.807) is 6.92 Å². The van der Waals surface area contributed by atoms with Gasteiger partial charge in [-0.3, -0.25) is 10.1 Å². The zero-order valence-corrected chi connectivity index (χ0v) is 10.2. The van der Waals surface area contributed by atoms with E-state index in [0.717, 1.165) is 12.1 Å². The third kappa shape index (κ3) is 3.79. The Balaban J connectivity index is 2.67. The van der Waals surface area contributed by atoms with Crippen LogP contribution in [0, 0.1) is 23.5 Å². The monoisotopic (exact) mass is 269 g/mol. The molecule has 0 spiro atoms. The van der Waals surface area contributed by atoms with E-state index in [4.69, 9.17) is 4.74 Å². The zero-order chi connectivity index (χ0) is 13.5. The molecule has 0 radical (unpaired) electrons. The fraction of sp³-hybridized carbons (Fsp3) is 0.167. The van der Waals surface area contributed by atoms with Crippen molar-refractivity contribution in [2.75, 3.05) is 6.61 Å². The lowest BCUT2D eigenvalue weighted by atomic mass is 10.2. The molecule has 1 rings (SSSR count). The summed E-state index contributed by atoms with van der Waals surface area (Å²) in [5, 5.41) is 1.87. The van der Waals surface area contributed by atoms with Crippen molar-refractivity contribution in [3.63, 3.8) is 0 Å². The highest BCUT2D eigenvalue weighted by molar-refractivity contribution is 7.80. The van der Waals surface area contributed by atoms with Crippen LogP contribution in [0.4, 0.5) is 8.78 Å². The standard InChI is InChI=1S/C12H9F2NO2S/c1-2-3-7-17-12(18)15-11(16)8-5-4-6-9(13)10(8)14/h4-6H,7H2,1H3,(H,15,16,18). The van der Waals surface area contributed by atoms with Gasteiger partial charge in [0.2, 0.25) is 0 Å². The Morgan fingerprint density at radius 2 is 2.22 bits per heavy atom. The van der Waals surface area contributed by atoms with Crippen molar-refractivity contribution < 1.29 is 18.3 Å². The second-order valence-electron chi connectivity index (χ2n) is 3.06. The van der Waals surface area contributed by atoms with Gasteiger partial charge in [-0.2, -0.15) is 0 Å². The maximum absolute atomic E-state index is 13.3. The molecule has 0 atom stereocenters. The van der Waals surface area contributed by atoms with Crippen molar-refractivity contribution in [3.8, 4) is 11.8 Å². The minimum absolute atomic E-state index is 0.0151. The number of benzene rings is 1. The van der Waals surface area contributed by atoms with Crippen molar-refractivity contribution in [2.24, 2.45) is 0 Å². The Hall–Kier alpha value is -2.00. The van der Waals surface area contributed by atoms with Crippen molar-refractivity contribution in [3.05, 3.63) is 35.4 Å². The lowest BCUT2D eigenvalue weighted by Crippen LogP contribution is -2.31. The normalized spacial score (nSPS) is 9.06. The number of nitrogens with one attached hydrogen (secondary N) is 1. The quantitative estimate of drug-likeness (QED) is 0.659. The van der Waals surface area contributed by atoms with Gasteiger partial charge < -0.3 is 4.74 Å². The number of hydrogen-bond acceptors (Lipinski definition) is 3. The summed E-state index contributed by atoms with van der Waals surface area (Å²) in [7, 11) is 0. The first kappa shape index (κ1) is 14.1. The average molecular weight is 269 g/mol. The highest BCUT2D eigenvalue weighted by Crippen LogP contribution is 2.10. The molecule has 1 N–H and O–H groups in total. The number of thiocarbonyl (C=S) groups is 1. The highest BCUT2D eigenvalue weighted by atomic mass is 32.1. The molecule has 1 aromatic rings. The van der Waals surface area contributed by atoms with Crippen LogP contribution in [0.3, 0.4) is 0 Å². The fourth-order valence-electron chi connectivity index (χ4n) is 1.05. The third-order valence-corrected chi connectivity index (χ3v) is 2.08. The van der Waals surface area contributed by atoms with E-state index in [1.807, 2.05) is 0 Å². The van der Waals surface area contributed by atoms with Crippen molar-refractivity contribution >= 4 is 23.3 Å². The molecule has 0 saturated carbocycles. The topological polar surface area (TPSA) is 38.3 Å². The third-order valence-electron chi connectivity index (χ3n) is 1.86. The Labute approximate surface area is 108 Å². The van der Waals surface area contributed by atoms with E-state index in [1.165, 1.54) is 6.07 Å². The molecule has 94 valence electrons. The highest BCUT2D eigenvalue weighted by Gasteiger charge is 2.16. The first-order valence-electron chi connectivity index (χ1n) is 4.88. The van der Waals surface area contributed by atoms with Crippen LogP contribution in [0.15, 0.2) is 18.2 Å². The number of halogens is 2. The maximum Gasteiger partial charge on any atom is 0.264 e. The molecular formula is C12H9F2NO2S. The minimum atomic E-state index is -1.23. The molecular weight excluding hydrogens is 260 g/mol. The van der Waals surface area contributed by atoms with Crippen LogP contribution in [-0.4, -0.2) is 17.7 Å². The summed E-state index contributed by atoms with van der Waals surface area (Å²) in [5.74, 6) is 1.93. The molecule has 0 aliphatic rings. The number of ether oxygens (including phenoxy) is 1. The summed E-state index contributed by atoms with van der Waals surface area (Å²) >= 11 is 4.68. The average Bonchev–Trinajstić information content (AvgIpc) is 2.32. The number of amides is 1. The van der Waals surface area contributed by atoms with Crippen molar-refractivity contribution in [2.45, 2.75) is 6.92 Å². The maximum atomic E-state index is 13.3. The molecule has 0 heterocycles. The van der Waals surface area contributed by atoms with Gasteiger partial charge in [-0.05, 0) is 31.3 Å². The van der Waals surface area contributed by atoms with E-state index < -0.39 is 23.1 Å². The Morgan fingerprint density at radius 1 is 1.50 bits per heavy atom. The zero-order valence-electron chi connectivity index (χ0n) is 9.42. The molecule has 0 aromatic heterocycles. The molecule has 3 nitrogen and oxygen atoms in total. The lowest BCUT2D eigenvalue weighted by molar-refractivity contribution is 0.0964. The molecule has 0 saturated heterocycles. The molecule has 6 heteroatoms.